The Kier molecular flexibility index (Phi) is 4.75. The number of carbonyl (C=O) groups excluding carboxylic acids is 1. The molecule has 2 aromatic rings. The molecule has 26 heavy (non-hydrogen) atoms. The van der Waals surface area contributed by atoms with Gasteiger partial charge in [0.2, 0.25) is 0 Å². The number of nitrogens with one attached hydrogen (secondary N) is 2. The summed E-state index contributed by atoms with van der Waals surface area (Å²) in [5.74, 6) is 0.260. The van der Waals surface area contributed by atoms with E-state index in [1.165, 1.54) is 12.1 Å². The van der Waals surface area contributed by atoms with Gasteiger partial charge in [-0.25, -0.2) is 9.18 Å². The Balaban J connectivity index is 1.53. The van der Waals surface area contributed by atoms with E-state index in [1.807, 2.05) is 24.3 Å². The summed E-state index contributed by atoms with van der Waals surface area (Å²) < 4.78 is 13.2. The van der Waals surface area contributed by atoms with E-state index in [0.29, 0.717) is 25.6 Å². The minimum Gasteiger partial charge on any atom is -0.338 e. The van der Waals surface area contributed by atoms with Crippen LogP contribution in [-0.4, -0.2) is 38.8 Å². The van der Waals surface area contributed by atoms with Crippen molar-refractivity contribution in [3.8, 4) is 0 Å². The topological polar surface area (TPSA) is 47.6 Å². The Morgan fingerprint density at radius 1 is 1.12 bits per heavy atom. The molecule has 4 rings (SSSR count). The van der Waals surface area contributed by atoms with Crippen molar-refractivity contribution in [1.29, 1.82) is 0 Å². The van der Waals surface area contributed by atoms with E-state index in [1.54, 1.807) is 17.0 Å². The highest BCUT2D eigenvalue weighted by Gasteiger charge is 2.27. The number of hydrogen-bond donors (Lipinski definition) is 2. The molecule has 2 amide bonds. The average Bonchev–Trinajstić information content (AvgIpc) is 3.20. The van der Waals surface area contributed by atoms with E-state index in [9.17, 15) is 9.18 Å². The molecule has 2 heterocycles. The molecule has 1 atom stereocenters. The summed E-state index contributed by atoms with van der Waals surface area (Å²) in [5.41, 5.74) is 2.77. The van der Waals surface area contributed by atoms with E-state index in [0.717, 1.165) is 36.6 Å². The number of fused-ring (bicyclic) bond motifs is 1. The number of rotatable bonds is 3. The van der Waals surface area contributed by atoms with Gasteiger partial charge in [-0.05, 0) is 61.8 Å². The first-order valence-corrected chi connectivity index (χ1v) is 9.10. The third kappa shape index (κ3) is 3.37. The van der Waals surface area contributed by atoms with Crippen LogP contribution in [0.15, 0.2) is 48.5 Å². The summed E-state index contributed by atoms with van der Waals surface area (Å²) in [7, 11) is 0. The fourth-order valence-corrected chi connectivity index (χ4v) is 3.68. The van der Waals surface area contributed by atoms with Gasteiger partial charge in [-0.15, -0.1) is 0 Å². The standard InChI is InChI=1S/C20H23FN4O/c21-16-5-7-17(8-6-16)24-11-12-25(19-4-2-1-3-18(19)24)20(26)23-14-15-9-10-22-13-15/h1-8,15,22H,9-14H2,(H,23,26)/t15-/m0/s1. The second kappa shape index (κ2) is 7.33. The van der Waals surface area contributed by atoms with Crippen LogP contribution < -0.4 is 20.4 Å². The van der Waals surface area contributed by atoms with E-state index in [2.05, 4.69) is 15.5 Å². The Morgan fingerprint density at radius 2 is 1.88 bits per heavy atom. The Labute approximate surface area is 152 Å². The summed E-state index contributed by atoms with van der Waals surface area (Å²) in [6, 6.07) is 14.3. The molecule has 0 bridgehead atoms. The predicted molar refractivity (Wildman–Crippen MR) is 102 cm³/mol. The lowest BCUT2D eigenvalue weighted by molar-refractivity contribution is 0.244. The van der Waals surface area contributed by atoms with Gasteiger partial charge in [-0.1, -0.05) is 12.1 Å². The van der Waals surface area contributed by atoms with Crippen LogP contribution in [0.4, 0.5) is 26.2 Å². The van der Waals surface area contributed by atoms with Gasteiger partial charge in [0.1, 0.15) is 5.82 Å². The van der Waals surface area contributed by atoms with Crippen LogP contribution >= 0.6 is 0 Å². The summed E-state index contributed by atoms with van der Waals surface area (Å²) in [6.45, 7) is 3.95. The number of urea groups is 1. The first kappa shape index (κ1) is 16.8. The third-order valence-electron chi connectivity index (χ3n) is 5.10. The maximum absolute atomic E-state index is 13.2. The van der Waals surface area contributed by atoms with Crippen molar-refractivity contribution in [2.45, 2.75) is 6.42 Å². The monoisotopic (exact) mass is 354 g/mol. The van der Waals surface area contributed by atoms with Crippen LogP contribution in [-0.2, 0) is 0 Å². The van der Waals surface area contributed by atoms with Crippen molar-refractivity contribution >= 4 is 23.1 Å². The van der Waals surface area contributed by atoms with E-state index < -0.39 is 0 Å². The zero-order valence-electron chi connectivity index (χ0n) is 14.6. The van der Waals surface area contributed by atoms with Crippen molar-refractivity contribution in [2.75, 3.05) is 42.5 Å². The molecule has 0 saturated carbocycles. The predicted octanol–water partition coefficient (Wildman–Crippen LogP) is 3.10. The van der Waals surface area contributed by atoms with Crippen LogP contribution in [0.3, 0.4) is 0 Å². The normalized spacial score (nSPS) is 19.3. The van der Waals surface area contributed by atoms with Gasteiger partial charge in [-0.3, -0.25) is 4.90 Å². The summed E-state index contributed by atoms with van der Waals surface area (Å²) >= 11 is 0. The van der Waals surface area contributed by atoms with E-state index in [4.69, 9.17) is 0 Å². The van der Waals surface area contributed by atoms with Crippen molar-refractivity contribution in [3.63, 3.8) is 0 Å². The lowest BCUT2D eigenvalue weighted by Crippen LogP contribution is -2.48. The summed E-state index contributed by atoms with van der Waals surface area (Å²) in [6.07, 6.45) is 1.11. The Hall–Kier alpha value is -2.60. The number of para-hydroxylation sites is 2. The molecule has 2 aromatic carbocycles. The Morgan fingerprint density at radius 3 is 2.62 bits per heavy atom. The van der Waals surface area contributed by atoms with Crippen LogP contribution in [0.2, 0.25) is 0 Å². The molecule has 0 spiro atoms. The maximum Gasteiger partial charge on any atom is 0.322 e. The van der Waals surface area contributed by atoms with E-state index >= 15 is 0 Å². The molecule has 2 aliphatic heterocycles. The van der Waals surface area contributed by atoms with Gasteiger partial charge in [0.15, 0.2) is 0 Å². The van der Waals surface area contributed by atoms with Gasteiger partial charge < -0.3 is 15.5 Å². The van der Waals surface area contributed by atoms with Gasteiger partial charge in [0, 0.05) is 25.3 Å². The van der Waals surface area contributed by atoms with Crippen LogP contribution in [0, 0.1) is 11.7 Å². The number of carbonyl (C=O) groups is 1. The van der Waals surface area contributed by atoms with Crippen molar-refractivity contribution in [1.82, 2.24) is 10.6 Å². The van der Waals surface area contributed by atoms with Crippen LogP contribution in [0.25, 0.3) is 0 Å². The van der Waals surface area contributed by atoms with Crippen molar-refractivity contribution < 1.29 is 9.18 Å². The van der Waals surface area contributed by atoms with Crippen LogP contribution in [0.5, 0.6) is 0 Å². The largest absolute Gasteiger partial charge is 0.338 e. The number of halogens is 1. The summed E-state index contributed by atoms with van der Waals surface area (Å²) in [5, 5.41) is 6.40. The third-order valence-corrected chi connectivity index (χ3v) is 5.10. The molecular formula is C20H23FN4O. The highest BCUT2D eigenvalue weighted by Crippen LogP contribution is 2.37. The molecule has 6 heteroatoms. The minimum absolute atomic E-state index is 0.0527. The number of benzene rings is 2. The second-order valence-corrected chi connectivity index (χ2v) is 6.81. The lowest BCUT2D eigenvalue weighted by Gasteiger charge is -2.37. The fourth-order valence-electron chi connectivity index (χ4n) is 3.68. The van der Waals surface area contributed by atoms with Crippen molar-refractivity contribution in [2.24, 2.45) is 5.92 Å². The van der Waals surface area contributed by atoms with Gasteiger partial charge in [0.25, 0.3) is 0 Å². The molecular weight excluding hydrogens is 331 g/mol. The first-order valence-electron chi connectivity index (χ1n) is 9.10. The maximum atomic E-state index is 13.2. The van der Waals surface area contributed by atoms with Crippen molar-refractivity contribution in [3.05, 3.63) is 54.3 Å². The van der Waals surface area contributed by atoms with Gasteiger partial charge in [0.05, 0.1) is 11.4 Å². The van der Waals surface area contributed by atoms with Gasteiger partial charge >= 0.3 is 6.03 Å². The molecule has 136 valence electrons. The quantitative estimate of drug-likeness (QED) is 0.890. The summed E-state index contributed by atoms with van der Waals surface area (Å²) in [4.78, 5) is 16.7. The second-order valence-electron chi connectivity index (χ2n) is 6.81. The Bertz CT molecular complexity index is 774. The molecule has 1 saturated heterocycles. The average molecular weight is 354 g/mol. The number of amides is 2. The number of hydrogen-bond acceptors (Lipinski definition) is 3. The SMILES string of the molecule is O=C(NC[C@H]1CCNC1)N1CCN(c2ccc(F)cc2)c2ccccc21. The highest BCUT2D eigenvalue weighted by atomic mass is 19.1. The van der Waals surface area contributed by atoms with Gasteiger partial charge in [-0.2, -0.15) is 0 Å². The lowest BCUT2D eigenvalue weighted by atomic mass is 10.1. The highest BCUT2D eigenvalue weighted by molar-refractivity contribution is 5.97. The molecule has 2 aliphatic rings. The first-order chi connectivity index (χ1) is 12.7. The number of anilines is 3. The zero-order chi connectivity index (χ0) is 17.9. The molecule has 2 N–H and O–H groups in total. The zero-order valence-corrected chi connectivity index (χ0v) is 14.6. The van der Waals surface area contributed by atoms with E-state index in [-0.39, 0.29) is 11.8 Å². The molecule has 0 radical (unpaired) electrons. The molecule has 0 unspecified atom stereocenters. The minimum atomic E-state index is -0.249. The molecule has 1 fully saturated rings. The smallest absolute Gasteiger partial charge is 0.322 e. The molecule has 5 nitrogen and oxygen atoms in total. The molecule has 0 aromatic heterocycles. The number of nitrogens with zero attached hydrogens (tertiary/aromatic N) is 2. The van der Waals surface area contributed by atoms with Crippen LogP contribution in [0.1, 0.15) is 6.42 Å². The fraction of sp³-hybridized carbons (Fsp3) is 0.350. The molecule has 0 aliphatic carbocycles.